The second kappa shape index (κ2) is 4.82. The summed E-state index contributed by atoms with van der Waals surface area (Å²) in [5.41, 5.74) is 8.85. The van der Waals surface area contributed by atoms with Crippen molar-refractivity contribution in [1.29, 1.82) is 0 Å². The van der Waals surface area contributed by atoms with E-state index in [1.165, 1.54) is 6.07 Å². The summed E-state index contributed by atoms with van der Waals surface area (Å²) < 4.78 is 25.8. The summed E-state index contributed by atoms with van der Waals surface area (Å²) in [5.74, 6) is 0. The van der Waals surface area contributed by atoms with Crippen LogP contribution in [0.5, 0.6) is 0 Å². The van der Waals surface area contributed by atoms with Crippen molar-refractivity contribution in [3.8, 4) is 0 Å². The molecule has 1 aromatic rings. The first-order valence-electron chi connectivity index (χ1n) is 4.51. The molecule has 1 rings (SSSR count). The number of azide groups is 1. The molecule has 0 aliphatic carbocycles. The SMILES string of the molecule is CCCc1ccccc1S(=O)(=O)N=[N+]=[N-]. The minimum atomic E-state index is -3.85. The molecule has 0 aromatic heterocycles. The number of aryl methyl sites for hydroxylation is 1. The summed E-state index contributed by atoms with van der Waals surface area (Å²) in [4.78, 5) is 2.42. The minimum absolute atomic E-state index is 0.102. The summed E-state index contributed by atoms with van der Waals surface area (Å²) in [7, 11) is -3.85. The van der Waals surface area contributed by atoms with Gasteiger partial charge in [0, 0.05) is 9.43 Å². The molecular weight excluding hydrogens is 214 g/mol. The Bertz CT molecular complexity index is 490. The third kappa shape index (κ3) is 2.71. The van der Waals surface area contributed by atoms with Crippen molar-refractivity contribution in [1.82, 2.24) is 0 Å². The maximum absolute atomic E-state index is 11.5. The highest BCUT2D eigenvalue weighted by molar-refractivity contribution is 7.90. The second-order valence-electron chi connectivity index (χ2n) is 3.00. The molecule has 0 spiro atoms. The average molecular weight is 225 g/mol. The van der Waals surface area contributed by atoms with Crippen molar-refractivity contribution < 1.29 is 8.42 Å². The fraction of sp³-hybridized carbons (Fsp3) is 0.333. The number of hydrogen-bond donors (Lipinski definition) is 0. The highest BCUT2D eigenvalue weighted by Crippen LogP contribution is 2.19. The van der Waals surface area contributed by atoms with Crippen LogP contribution in [-0.4, -0.2) is 8.42 Å². The van der Waals surface area contributed by atoms with E-state index in [-0.39, 0.29) is 4.90 Å². The summed E-state index contributed by atoms with van der Waals surface area (Å²) in [6, 6.07) is 6.55. The normalized spacial score (nSPS) is 10.7. The van der Waals surface area contributed by atoms with Gasteiger partial charge >= 0.3 is 0 Å². The van der Waals surface area contributed by atoms with Crippen molar-refractivity contribution >= 4 is 10.0 Å². The van der Waals surface area contributed by atoms with E-state index >= 15 is 0 Å². The summed E-state index contributed by atoms with van der Waals surface area (Å²) in [6.07, 6.45) is 1.49. The van der Waals surface area contributed by atoms with E-state index in [1.807, 2.05) is 6.92 Å². The van der Waals surface area contributed by atoms with Gasteiger partial charge < -0.3 is 0 Å². The number of sulfonamides is 1. The second-order valence-corrected chi connectivity index (χ2v) is 4.56. The standard InChI is InChI=1S/C9H11N3O2S/c1-2-5-8-6-3-4-7-9(8)15(13,14)12-11-10/h3-4,6-7H,2,5H2,1H3. The molecule has 0 saturated heterocycles. The van der Waals surface area contributed by atoms with E-state index < -0.39 is 10.0 Å². The highest BCUT2D eigenvalue weighted by Gasteiger charge is 2.15. The molecule has 5 nitrogen and oxygen atoms in total. The fourth-order valence-corrected chi connectivity index (χ4v) is 2.26. The molecule has 0 radical (unpaired) electrons. The van der Waals surface area contributed by atoms with Crippen molar-refractivity contribution in [3.05, 3.63) is 40.3 Å². The Hall–Kier alpha value is -1.52. The van der Waals surface area contributed by atoms with E-state index in [9.17, 15) is 8.42 Å². The maximum atomic E-state index is 11.5. The molecule has 0 fully saturated rings. The quantitative estimate of drug-likeness (QED) is 0.448. The molecule has 6 heteroatoms. The average Bonchev–Trinajstić information content (AvgIpc) is 2.19. The predicted octanol–water partition coefficient (Wildman–Crippen LogP) is 2.64. The zero-order valence-electron chi connectivity index (χ0n) is 8.29. The first-order valence-corrected chi connectivity index (χ1v) is 5.95. The van der Waals surface area contributed by atoms with Gasteiger partial charge in [0.15, 0.2) is 0 Å². The molecule has 0 N–H and O–H groups in total. The van der Waals surface area contributed by atoms with Crippen molar-refractivity contribution in [3.63, 3.8) is 0 Å². The van der Waals surface area contributed by atoms with Crippen LogP contribution in [0.4, 0.5) is 0 Å². The van der Waals surface area contributed by atoms with Gasteiger partial charge in [0.05, 0.1) is 4.90 Å². The lowest BCUT2D eigenvalue weighted by Crippen LogP contribution is -2.00. The fourth-order valence-electron chi connectivity index (χ4n) is 1.32. The third-order valence-electron chi connectivity index (χ3n) is 1.91. The Morgan fingerprint density at radius 3 is 2.67 bits per heavy atom. The Labute approximate surface area is 88.4 Å². The van der Waals surface area contributed by atoms with Gasteiger partial charge in [0.1, 0.15) is 0 Å². The van der Waals surface area contributed by atoms with Gasteiger partial charge in [-0.3, -0.25) is 0 Å². The predicted molar refractivity (Wildman–Crippen MR) is 56.8 cm³/mol. The zero-order valence-corrected chi connectivity index (χ0v) is 9.11. The lowest BCUT2D eigenvalue weighted by molar-refractivity contribution is 0.596. The van der Waals surface area contributed by atoms with Gasteiger partial charge in [-0.25, -0.2) is 8.42 Å². The van der Waals surface area contributed by atoms with Crippen LogP contribution in [0.3, 0.4) is 0 Å². The number of nitrogens with zero attached hydrogens (tertiary/aromatic N) is 3. The lowest BCUT2D eigenvalue weighted by atomic mass is 10.1. The smallest absolute Gasteiger partial charge is 0.216 e. The molecule has 0 unspecified atom stereocenters. The number of benzene rings is 1. The molecule has 0 heterocycles. The molecule has 0 bridgehead atoms. The van der Waals surface area contributed by atoms with E-state index in [0.717, 1.165) is 6.42 Å². The summed E-state index contributed by atoms with van der Waals surface area (Å²) in [6.45, 7) is 1.96. The first-order chi connectivity index (χ1) is 7.11. The summed E-state index contributed by atoms with van der Waals surface area (Å²) >= 11 is 0. The van der Waals surface area contributed by atoms with Crippen LogP contribution in [0, 0.1) is 0 Å². The third-order valence-corrected chi connectivity index (χ3v) is 3.16. The van der Waals surface area contributed by atoms with Gasteiger partial charge in [-0.05, 0) is 23.6 Å². The van der Waals surface area contributed by atoms with Gasteiger partial charge in [-0.2, -0.15) is 0 Å². The molecule has 0 saturated carbocycles. The van der Waals surface area contributed by atoms with Crippen LogP contribution in [-0.2, 0) is 16.4 Å². The largest absolute Gasteiger partial charge is 0.264 e. The molecule has 15 heavy (non-hydrogen) atoms. The van der Waals surface area contributed by atoms with Crippen molar-refractivity contribution in [2.45, 2.75) is 24.7 Å². The summed E-state index contributed by atoms with van der Waals surface area (Å²) in [5, 5.41) is 0. The highest BCUT2D eigenvalue weighted by atomic mass is 32.2. The molecule has 0 aliphatic rings. The van der Waals surface area contributed by atoms with E-state index in [0.29, 0.717) is 12.0 Å². The van der Waals surface area contributed by atoms with Crippen LogP contribution in [0.25, 0.3) is 10.4 Å². The number of rotatable bonds is 4. The minimum Gasteiger partial charge on any atom is -0.216 e. The number of hydrogen-bond acceptors (Lipinski definition) is 2. The van der Waals surface area contributed by atoms with Gasteiger partial charge in [-0.1, -0.05) is 31.5 Å². The molecular formula is C9H11N3O2S. The topological polar surface area (TPSA) is 82.9 Å². The molecule has 1 aromatic carbocycles. The maximum Gasteiger partial charge on any atom is 0.264 e. The van der Waals surface area contributed by atoms with Crippen LogP contribution in [0.15, 0.2) is 33.7 Å². The van der Waals surface area contributed by atoms with Gasteiger partial charge in [-0.15, -0.1) is 0 Å². The monoisotopic (exact) mass is 225 g/mol. The Morgan fingerprint density at radius 1 is 1.40 bits per heavy atom. The van der Waals surface area contributed by atoms with Crippen molar-refractivity contribution in [2.24, 2.45) is 4.52 Å². The van der Waals surface area contributed by atoms with E-state index in [1.54, 1.807) is 18.2 Å². The Morgan fingerprint density at radius 2 is 2.07 bits per heavy atom. The Kier molecular flexibility index (Phi) is 3.71. The van der Waals surface area contributed by atoms with Crippen LogP contribution in [0.1, 0.15) is 18.9 Å². The molecule has 0 atom stereocenters. The van der Waals surface area contributed by atoms with Gasteiger partial charge in [0.25, 0.3) is 10.0 Å². The van der Waals surface area contributed by atoms with Crippen LogP contribution in [0.2, 0.25) is 0 Å². The lowest BCUT2D eigenvalue weighted by Gasteiger charge is -2.04. The van der Waals surface area contributed by atoms with Crippen LogP contribution < -0.4 is 0 Å². The van der Waals surface area contributed by atoms with Gasteiger partial charge in [0.2, 0.25) is 0 Å². The van der Waals surface area contributed by atoms with Crippen LogP contribution >= 0.6 is 0 Å². The molecule has 0 amide bonds. The first kappa shape index (κ1) is 11.6. The molecule has 80 valence electrons. The zero-order chi connectivity index (χ0) is 11.3. The van der Waals surface area contributed by atoms with Crippen molar-refractivity contribution in [2.75, 3.05) is 0 Å². The van der Waals surface area contributed by atoms with E-state index in [2.05, 4.69) is 9.43 Å². The van der Waals surface area contributed by atoms with E-state index in [4.69, 9.17) is 5.53 Å². The Balaban J connectivity index is 3.30. The molecule has 0 aliphatic heterocycles.